The van der Waals surface area contributed by atoms with E-state index in [4.69, 9.17) is 4.98 Å². The number of nitrogens with one attached hydrogen (secondary N) is 3. The molecule has 4 aromatic rings. The van der Waals surface area contributed by atoms with Crippen molar-refractivity contribution < 1.29 is 14.4 Å². The maximum absolute atomic E-state index is 12.3. The molecule has 1 saturated carbocycles. The average Bonchev–Trinajstić information content (AvgIpc) is 3.59. The Labute approximate surface area is 231 Å². The fraction of sp³-hybridized carbons (Fsp3) is 0.346. The Morgan fingerprint density at radius 1 is 1.28 bits per heavy atom. The highest BCUT2D eigenvalue weighted by molar-refractivity contribution is 9.10. The molecule has 2 atom stereocenters. The van der Waals surface area contributed by atoms with Crippen molar-refractivity contribution in [1.82, 2.24) is 40.3 Å². The van der Waals surface area contributed by atoms with Gasteiger partial charge in [0.2, 0.25) is 17.8 Å². The third-order valence-electron chi connectivity index (χ3n) is 7.51. The van der Waals surface area contributed by atoms with E-state index in [9.17, 15) is 14.4 Å². The molecule has 0 unspecified atom stereocenters. The van der Waals surface area contributed by atoms with E-state index in [0.717, 1.165) is 23.6 Å². The molecule has 4 amide bonds. The van der Waals surface area contributed by atoms with E-state index in [1.807, 2.05) is 31.2 Å². The second-order valence-corrected chi connectivity index (χ2v) is 10.9. The molecular weight excluding hydrogens is 566 g/mol. The first-order chi connectivity index (χ1) is 18.8. The maximum Gasteiger partial charge on any atom is 0.324 e. The van der Waals surface area contributed by atoms with Crippen molar-refractivity contribution in [3.8, 4) is 5.69 Å². The SMILES string of the molecule is CNC(=O)[C@]1(C)CC[C@@H](Nc2ncc3c(Br)nn(-c4cc(CN5C(=O)CNC5=O)c5ncccc5c4)c3n2)C1. The Morgan fingerprint density at radius 2 is 2.13 bits per heavy atom. The number of fused-ring (bicyclic) bond motifs is 2. The van der Waals surface area contributed by atoms with Gasteiger partial charge in [-0.3, -0.25) is 19.5 Å². The van der Waals surface area contributed by atoms with Crippen LogP contribution in [-0.2, 0) is 16.1 Å². The molecule has 1 aromatic carbocycles. The number of amides is 4. The summed E-state index contributed by atoms with van der Waals surface area (Å²) in [6.45, 7) is 2.05. The first kappa shape index (κ1) is 25.2. The lowest BCUT2D eigenvalue weighted by Crippen LogP contribution is -2.35. The summed E-state index contributed by atoms with van der Waals surface area (Å²) >= 11 is 3.53. The van der Waals surface area contributed by atoms with Crippen molar-refractivity contribution in [1.29, 1.82) is 0 Å². The van der Waals surface area contributed by atoms with Gasteiger partial charge in [-0.25, -0.2) is 14.5 Å². The number of aromatic nitrogens is 5. The van der Waals surface area contributed by atoms with Gasteiger partial charge in [0.15, 0.2) is 5.65 Å². The zero-order valence-corrected chi connectivity index (χ0v) is 22.9. The fourth-order valence-electron chi connectivity index (χ4n) is 5.45. The van der Waals surface area contributed by atoms with Crippen LogP contribution in [0.1, 0.15) is 31.7 Å². The molecule has 1 aliphatic heterocycles. The molecule has 3 aromatic heterocycles. The molecule has 0 spiro atoms. The summed E-state index contributed by atoms with van der Waals surface area (Å²) < 4.78 is 2.29. The van der Waals surface area contributed by atoms with E-state index >= 15 is 0 Å². The topological polar surface area (TPSA) is 147 Å². The second-order valence-electron chi connectivity index (χ2n) is 10.2. The molecule has 2 aliphatic rings. The summed E-state index contributed by atoms with van der Waals surface area (Å²) in [6.07, 6.45) is 5.68. The minimum Gasteiger partial charge on any atom is -0.359 e. The van der Waals surface area contributed by atoms with Crippen LogP contribution in [0.25, 0.3) is 27.6 Å². The number of imide groups is 1. The number of halogens is 1. The van der Waals surface area contributed by atoms with Gasteiger partial charge in [0.05, 0.1) is 29.7 Å². The third kappa shape index (κ3) is 4.46. The normalized spacial score (nSPS) is 21.1. The molecular formula is C26H26BrN9O3. The first-order valence-electron chi connectivity index (χ1n) is 12.6. The number of urea groups is 1. The number of benzene rings is 1. The van der Waals surface area contributed by atoms with Gasteiger partial charge in [-0.1, -0.05) is 13.0 Å². The van der Waals surface area contributed by atoms with E-state index in [1.165, 1.54) is 4.90 Å². The molecule has 2 fully saturated rings. The molecule has 1 aliphatic carbocycles. The molecule has 0 bridgehead atoms. The van der Waals surface area contributed by atoms with Crippen LogP contribution in [-0.4, -0.2) is 67.1 Å². The lowest BCUT2D eigenvalue weighted by molar-refractivity contribution is -0.129. The Bertz CT molecular complexity index is 1640. The Balaban J connectivity index is 1.37. The number of pyridine rings is 1. The van der Waals surface area contributed by atoms with E-state index in [1.54, 1.807) is 24.1 Å². The smallest absolute Gasteiger partial charge is 0.324 e. The van der Waals surface area contributed by atoms with Gasteiger partial charge in [0, 0.05) is 41.8 Å². The van der Waals surface area contributed by atoms with Crippen molar-refractivity contribution in [3.63, 3.8) is 0 Å². The molecule has 3 N–H and O–H groups in total. The quantitative estimate of drug-likeness (QED) is 0.290. The third-order valence-corrected chi connectivity index (χ3v) is 8.09. The summed E-state index contributed by atoms with van der Waals surface area (Å²) in [6, 6.07) is 7.20. The van der Waals surface area contributed by atoms with E-state index < -0.39 is 11.4 Å². The largest absolute Gasteiger partial charge is 0.359 e. The number of carbonyl (C=O) groups excluding carboxylic acids is 3. The predicted molar refractivity (Wildman–Crippen MR) is 147 cm³/mol. The summed E-state index contributed by atoms with van der Waals surface area (Å²) in [5, 5.41) is 15.0. The van der Waals surface area contributed by atoms with Gasteiger partial charge in [0.1, 0.15) is 4.60 Å². The monoisotopic (exact) mass is 591 g/mol. The van der Waals surface area contributed by atoms with Crippen molar-refractivity contribution in [3.05, 3.63) is 46.8 Å². The van der Waals surface area contributed by atoms with Crippen molar-refractivity contribution in [2.75, 3.05) is 18.9 Å². The van der Waals surface area contributed by atoms with Gasteiger partial charge in [-0.15, -0.1) is 0 Å². The van der Waals surface area contributed by atoms with Crippen LogP contribution in [0.5, 0.6) is 0 Å². The van der Waals surface area contributed by atoms with E-state index in [0.29, 0.717) is 39.4 Å². The molecule has 39 heavy (non-hydrogen) atoms. The Hall–Kier alpha value is -4.13. The molecule has 12 nitrogen and oxygen atoms in total. The molecule has 4 heterocycles. The van der Waals surface area contributed by atoms with Crippen LogP contribution in [0.2, 0.25) is 0 Å². The van der Waals surface area contributed by atoms with E-state index in [2.05, 4.69) is 46.9 Å². The molecule has 1 saturated heterocycles. The van der Waals surface area contributed by atoms with Gasteiger partial charge < -0.3 is 16.0 Å². The van der Waals surface area contributed by atoms with Crippen LogP contribution in [0, 0.1) is 5.41 Å². The van der Waals surface area contributed by atoms with Crippen LogP contribution in [0.4, 0.5) is 10.7 Å². The van der Waals surface area contributed by atoms with Crippen LogP contribution in [0.15, 0.2) is 41.3 Å². The van der Waals surface area contributed by atoms with Crippen molar-refractivity contribution in [2.45, 2.75) is 38.8 Å². The van der Waals surface area contributed by atoms with Gasteiger partial charge >= 0.3 is 6.03 Å². The highest BCUT2D eigenvalue weighted by Crippen LogP contribution is 2.39. The Morgan fingerprint density at radius 3 is 2.90 bits per heavy atom. The average molecular weight is 592 g/mol. The summed E-state index contributed by atoms with van der Waals surface area (Å²) in [4.78, 5) is 51.8. The minimum atomic E-state index is -0.426. The lowest BCUT2D eigenvalue weighted by atomic mass is 9.87. The number of nitrogens with zero attached hydrogens (tertiary/aromatic N) is 6. The number of anilines is 1. The number of hydrogen-bond acceptors (Lipinski definition) is 8. The van der Waals surface area contributed by atoms with Crippen molar-refractivity contribution in [2.24, 2.45) is 5.41 Å². The second kappa shape index (κ2) is 9.56. The summed E-state index contributed by atoms with van der Waals surface area (Å²) in [5.74, 6) is 0.203. The van der Waals surface area contributed by atoms with Crippen molar-refractivity contribution >= 4 is 61.7 Å². The van der Waals surface area contributed by atoms with Crippen LogP contribution < -0.4 is 16.0 Å². The Kier molecular flexibility index (Phi) is 6.17. The number of carbonyl (C=O) groups is 3. The highest BCUT2D eigenvalue weighted by Gasteiger charge is 2.41. The number of hydrogen-bond donors (Lipinski definition) is 3. The van der Waals surface area contributed by atoms with Crippen LogP contribution >= 0.6 is 15.9 Å². The molecule has 0 radical (unpaired) electrons. The molecule has 200 valence electrons. The lowest BCUT2D eigenvalue weighted by Gasteiger charge is -2.22. The van der Waals surface area contributed by atoms with Gasteiger partial charge in [-0.05, 0) is 53.4 Å². The molecule has 6 rings (SSSR count). The molecule has 13 heteroatoms. The fourth-order valence-corrected chi connectivity index (χ4v) is 5.89. The maximum atomic E-state index is 12.3. The standard InChI is InChI=1S/C26H26BrN9O3/c1-26(23(38)28-2)6-5-16(10-26)32-24-30-11-18-21(27)34-36(22(18)33-24)17-8-14-4-3-7-29-20(14)15(9-17)13-35-19(37)12-31-25(35)39/h3-4,7-9,11,16H,5-6,10,12-13H2,1-2H3,(H,28,38)(H,31,39)(H,30,32,33)/t16-,26-/m1/s1. The number of rotatable bonds is 6. The zero-order chi connectivity index (χ0) is 27.3. The van der Waals surface area contributed by atoms with Gasteiger partial charge in [0.25, 0.3) is 0 Å². The summed E-state index contributed by atoms with van der Waals surface area (Å²) in [7, 11) is 1.66. The highest BCUT2D eigenvalue weighted by atomic mass is 79.9. The zero-order valence-electron chi connectivity index (χ0n) is 21.4. The summed E-state index contributed by atoms with van der Waals surface area (Å²) in [5.41, 5.74) is 2.26. The van der Waals surface area contributed by atoms with E-state index in [-0.39, 0.29) is 30.9 Å². The van der Waals surface area contributed by atoms with Crippen LogP contribution in [0.3, 0.4) is 0 Å². The predicted octanol–water partition coefficient (Wildman–Crippen LogP) is 2.89. The first-order valence-corrected chi connectivity index (χ1v) is 13.4. The van der Waals surface area contributed by atoms with Gasteiger partial charge in [-0.2, -0.15) is 10.1 Å². The minimum absolute atomic E-state index is 0.0173.